The third-order valence-electron chi connectivity index (χ3n) is 5.58. The van der Waals surface area contributed by atoms with Crippen molar-refractivity contribution < 1.29 is 23.9 Å². The number of pyridine rings is 2. The zero-order valence-corrected chi connectivity index (χ0v) is 20.7. The minimum absolute atomic E-state index is 0.0175. The Morgan fingerprint density at radius 3 is 2.83 bits per heavy atom. The van der Waals surface area contributed by atoms with E-state index in [-0.39, 0.29) is 47.2 Å². The summed E-state index contributed by atoms with van der Waals surface area (Å²) in [6.07, 6.45) is 1.60. The molecule has 1 N–H and O–H groups in total. The van der Waals surface area contributed by atoms with Crippen LogP contribution in [0.4, 0.5) is 16.4 Å². The molecule has 0 radical (unpaired) electrons. The number of ether oxygens (including phenoxy) is 2. The summed E-state index contributed by atoms with van der Waals surface area (Å²) in [6.45, 7) is 4.01. The fourth-order valence-corrected chi connectivity index (χ4v) is 3.58. The fraction of sp³-hybridized carbons (Fsp3) is 0.417. The second kappa shape index (κ2) is 12.1. The Bertz CT molecular complexity index is 1170. The number of rotatable bonds is 9. The van der Waals surface area contributed by atoms with Crippen molar-refractivity contribution in [3.8, 4) is 11.8 Å². The van der Waals surface area contributed by atoms with E-state index in [9.17, 15) is 19.6 Å². The first-order valence-corrected chi connectivity index (χ1v) is 11.3. The molecule has 3 amide bonds. The highest BCUT2D eigenvalue weighted by Gasteiger charge is 2.23. The van der Waals surface area contributed by atoms with E-state index in [1.165, 1.54) is 24.2 Å². The zero-order chi connectivity index (χ0) is 26.2. The summed E-state index contributed by atoms with van der Waals surface area (Å²) in [5.74, 6) is 0.656. The maximum absolute atomic E-state index is 12.8. The van der Waals surface area contributed by atoms with Crippen LogP contribution in [0.3, 0.4) is 0 Å². The van der Waals surface area contributed by atoms with Crippen molar-refractivity contribution in [1.29, 1.82) is 5.26 Å². The van der Waals surface area contributed by atoms with Gasteiger partial charge in [0, 0.05) is 45.4 Å². The topological polar surface area (TPSA) is 141 Å². The summed E-state index contributed by atoms with van der Waals surface area (Å²) in [5.41, 5.74) is 0.968. The largest absolute Gasteiger partial charge is 0.487 e. The molecule has 36 heavy (non-hydrogen) atoms. The van der Waals surface area contributed by atoms with E-state index < -0.39 is 6.03 Å². The number of amides is 3. The highest BCUT2D eigenvalue weighted by atomic mass is 16.5. The number of carbonyl (C=O) groups excluding carboxylic acids is 3. The van der Waals surface area contributed by atoms with Gasteiger partial charge in [0.1, 0.15) is 40.8 Å². The third-order valence-corrected chi connectivity index (χ3v) is 5.58. The second-order valence-electron chi connectivity index (χ2n) is 8.44. The van der Waals surface area contributed by atoms with Crippen molar-refractivity contribution in [2.45, 2.75) is 19.6 Å². The quantitative estimate of drug-likeness (QED) is 0.513. The summed E-state index contributed by atoms with van der Waals surface area (Å²) < 4.78 is 10.8. The number of urea groups is 1. The standard InChI is InChI=1S/C24H29N7O5/c1-16(15-35-4)36-20-9-21(26-11-18(20)10-25)28-24(34)30(3)22-6-5-17(19(14-32)27-22)12-31-8-7-29(2)13-23(31)33/h5-6,9,11,14,16H,7-8,12-13,15H2,1-4H3,(H,26,28,34). The lowest BCUT2D eigenvalue weighted by molar-refractivity contribution is -0.136. The predicted octanol–water partition coefficient (Wildman–Crippen LogP) is 1.52. The number of nitrogens with one attached hydrogen (secondary N) is 1. The average Bonchev–Trinajstić information content (AvgIpc) is 2.85. The highest BCUT2D eigenvalue weighted by Crippen LogP contribution is 2.23. The Labute approximate surface area is 209 Å². The maximum Gasteiger partial charge on any atom is 0.328 e. The van der Waals surface area contributed by atoms with Crippen LogP contribution in [-0.2, 0) is 16.1 Å². The van der Waals surface area contributed by atoms with Gasteiger partial charge in [0.2, 0.25) is 5.91 Å². The molecule has 1 atom stereocenters. The third kappa shape index (κ3) is 6.53. The number of nitriles is 1. The highest BCUT2D eigenvalue weighted by molar-refractivity contribution is 6.00. The molecule has 0 aromatic carbocycles. The van der Waals surface area contributed by atoms with E-state index in [1.807, 2.05) is 18.0 Å². The Morgan fingerprint density at radius 2 is 2.17 bits per heavy atom. The lowest BCUT2D eigenvalue weighted by Crippen LogP contribution is -2.48. The number of aromatic nitrogens is 2. The average molecular weight is 496 g/mol. The minimum Gasteiger partial charge on any atom is -0.487 e. The molecule has 1 fully saturated rings. The van der Waals surface area contributed by atoms with Gasteiger partial charge in [-0.05, 0) is 20.0 Å². The number of nitrogens with zero attached hydrogens (tertiary/aromatic N) is 6. The van der Waals surface area contributed by atoms with Crippen LogP contribution in [0, 0.1) is 11.3 Å². The molecule has 0 bridgehead atoms. The first-order valence-electron chi connectivity index (χ1n) is 11.3. The molecular formula is C24H29N7O5. The summed E-state index contributed by atoms with van der Waals surface area (Å²) in [6, 6.07) is 6.19. The van der Waals surface area contributed by atoms with Crippen LogP contribution in [0.1, 0.15) is 28.5 Å². The van der Waals surface area contributed by atoms with Crippen molar-refractivity contribution in [3.05, 3.63) is 41.2 Å². The van der Waals surface area contributed by atoms with E-state index in [0.29, 0.717) is 31.5 Å². The molecule has 0 saturated carbocycles. The molecular weight excluding hydrogens is 466 g/mol. The molecule has 3 heterocycles. The Hall–Kier alpha value is -4.08. The van der Waals surface area contributed by atoms with E-state index in [1.54, 1.807) is 31.1 Å². The normalized spacial score (nSPS) is 14.6. The molecule has 0 spiro atoms. The second-order valence-corrected chi connectivity index (χ2v) is 8.44. The summed E-state index contributed by atoms with van der Waals surface area (Å²) in [7, 11) is 4.92. The molecule has 1 unspecified atom stereocenters. The molecule has 2 aromatic rings. The van der Waals surface area contributed by atoms with Gasteiger partial charge in [-0.25, -0.2) is 14.8 Å². The van der Waals surface area contributed by atoms with Crippen molar-refractivity contribution in [1.82, 2.24) is 19.8 Å². The first-order chi connectivity index (χ1) is 17.2. The van der Waals surface area contributed by atoms with E-state index in [2.05, 4.69) is 15.3 Å². The van der Waals surface area contributed by atoms with Crippen LogP contribution in [-0.4, -0.2) is 91.5 Å². The van der Waals surface area contributed by atoms with Crippen LogP contribution in [0.25, 0.3) is 0 Å². The van der Waals surface area contributed by atoms with Crippen LogP contribution in [0.2, 0.25) is 0 Å². The van der Waals surface area contributed by atoms with Gasteiger partial charge in [0.05, 0.1) is 19.3 Å². The number of aldehydes is 1. The molecule has 3 rings (SSSR count). The van der Waals surface area contributed by atoms with Gasteiger partial charge in [0.15, 0.2) is 6.29 Å². The molecule has 1 saturated heterocycles. The van der Waals surface area contributed by atoms with Gasteiger partial charge in [0.25, 0.3) is 0 Å². The molecule has 2 aromatic heterocycles. The van der Waals surface area contributed by atoms with Gasteiger partial charge < -0.3 is 14.4 Å². The number of likely N-dealkylation sites (N-methyl/N-ethyl adjacent to an activating group) is 1. The lowest BCUT2D eigenvalue weighted by atomic mass is 10.1. The van der Waals surface area contributed by atoms with Crippen molar-refractivity contribution in [2.75, 3.05) is 57.7 Å². The number of piperazine rings is 1. The fourth-order valence-electron chi connectivity index (χ4n) is 3.58. The Kier molecular flexibility index (Phi) is 8.88. The molecule has 190 valence electrons. The van der Waals surface area contributed by atoms with Crippen LogP contribution in [0.5, 0.6) is 5.75 Å². The SMILES string of the molecule is COCC(C)Oc1cc(NC(=O)N(C)c2ccc(CN3CCN(C)CC3=O)c(C=O)n2)ncc1C#N. The Morgan fingerprint density at radius 1 is 1.39 bits per heavy atom. The van der Waals surface area contributed by atoms with Gasteiger partial charge in [-0.2, -0.15) is 5.26 Å². The number of carbonyl (C=O) groups is 3. The molecule has 12 nitrogen and oxygen atoms in total. The monoisotopic (exact) mass is 495 g/mol. The zero-order valence-electron chi connectivity index (χ0n) is 20.7. The number of hydrogen-bond donors (Lipinski definition) is 1. The van der Waals surface area contributed by atoms with Gasteiger partial charge in [-0.15, -0.1) is 0 Å². The minimum atomic E-state index is -0.561. The van der Waals surface area contributed by atoms with E-state index >= 15 is 0 Å². The van der Waals surface area contributed by atoms with Crippen LogP contribution >= 0.6 is 0 Å². The predicted molar refractivity (Wildman–Crippen MR) is 131 cm³/mol. The smallest absolute Gasteiger partial charge is 0.328 e. The van der Waals surface area contributed by atoms with Crippen molar-refractivity contribution >= 4 is 29.9 Å². The maximum atomic E-state index is 12.8. The van der Waals surface area contributed by atoms with Gasteiger partial charge in [-0.3, -0.25) is 24.7 Å². The molecule has 1 aliphatic rings. The summed E-state index contributed by atoms with van der Waals surface area (Å²) in [4.78, 5) is 50.1. The molecule has 1 aliphatic heterocycles. The lowest BCUT2D eigenvalue weighted by Gasteiger charge is -2.32. The summed E-state index contributed by atoms with van der Waals surface area (Å²) in [5, 5.41) is 11.9. The van der Waals surface area contributed by atoms with Gasteiger partial charge in [-0.1, -0.05) is 6.07 Å². The summed E-state index contributed by atoms with van der Waals surface area (Å²) >= 11 is 0. The van der Waals surface area contributed by atoms with Crippen molar-refractivity contribution in [2.24, 2.45) is 0 Å². The molecule has 12 heteroatoms. The number of methoxy groups -OCH3 is 1. The van der Waals surface area contributed by atoms with E-state index in [4.69, 9.17) is 9.47 Å². The molecule has 0 aliphatic carbocycles. The van der Waals surface area contributed by atoms with Crippen LogP contribution in [0.15, 0.2) is 24.4 Å². The van der Waals surface area contributed by atoms with E-state index in [0.717, 1.165) is 6.54 Å². The number of hydrogen-bond acceptors (Lipinski definition) is 9. The Balaban J connectivity index is 1.72. The first kappa shape index (κ1) is 26.5. The van der Waals surface area contributed by atoms with Crippen molar-refractivity contribution in [3.63, 3.8) is 0 Å². The van der Waals surface area contributed by atoms with Gasteiger partial charge >= 0.3 is 6.03 Å². The number of anilines is 2. The van der Waals surface area contributed by atoms with Crippen LogP contribution < -0.4 is 15.0 Å².